The highest BCUT2D eigenvalue weighted by Crippen LogP contribution is 2.15. The van der Waals surface area contributed by atoms with E-state index in [1.807, 2.05) is 13.2 Å². The number of hydrogen-bond acceptors (Lipinski definition) is 1. The monoisotopic (exact) mass is 177 g/mol. The Bertz CT molecular complexity index is 238. The predicted molar refractivity (Wildman–Crippen MR) is 59.2 cm³/mol. The highest BCUT2D eigenvalue weighted by Gasteiger charge is 2.00. The van der Waals surface area contributed by atoms with Crippen molar-refractivity contribution in [3.63, 3.8) is 0 Å². The number of allylic oxidation sites excluding steroid dienone is 3. The van der Waals surface area contributed by atoms with Crippen LogP contribution in [0.25, 0.3) is 0 Å². The van der Waals surface area contributed by atoms with E-state index in [0.717, 1.165) is 6.42 Å². The molecule has 0 rings (SSSR count). The van der Waals surface area contributed by atoms with Crippen LogP contribution in [0.2, 0.25) is 0 Å². The largest absolute Gasteiger partial charge is 0.394 e. The Morgan fingerprint density at radius 3 is 2.54 bits per heavy atom. The van der Waals surface area contributed by atoms with Gasteiger partial charge in [0.25, 0.3) is 0 Å². The summed E-state index contributed by atoms with van der Waals surface area (Å²) in [5.41, 5.74) is 2.52. The van der Waals surface area contributed by atoms with Crippen molar-refractivity contribution >= 4 is 0 Å². The quantitative estimate of drug-likeness (QED) is 0.514. The number of terminal acetylenes is 1. The third-order valence-corrected chi connectivity index (χ3v) is 1.83. The lowest BCUT2D eigenvalue weighted by molar-refractivity contribution is 0.750. The molecular weight excluding hydrogens is 158 g/mol. The summed E-state index contributed by atoms with van der Waals surface area (Å²) in [5.74, 6) is 3.20. The molecule has 0 unspecified atom stereocenters. The Hall–Kier alpha value is -1.16. The molecule has 1 N–H and O–H groups in total. The maximum Gasteiger partial charge on any atom is 0.0302 e. The first-order valence-corrected chi connectivity index (χ1v) is 4.59. The van der Waals surface area contributed by atoms with Crippen LogP contribution in [-0.4, -0.2) is 7.05 Å². The number of nitrogens with one attached hydrogen (secondary N) is 1. The van der Waals surface area contributed by atoms with Crippen molar-refractivity contribution < 1.29 is 0 Å². The van der Waals surface area contributed by atoms with E-state index in [4.69, 9.17) is 6.42 Å². The van der Waals surface area contributed by atoms with Crippen LogP contribution in [0.1, 0.15) is 27.2 Å². The molecule has 1 nitrogen and oxygen atoms in total. The topological polar surface area (TPSA) is 12.0 Å². The van der Waals surface area contributed by atoms with Crippen LogP contribution in [0.4, 0.5) is 0 Å². The Morgan fingerprint density at radius 1 is 1.54 bits per heavy atom. The van der Waals surface area contributed by atoms with Gasteiger partial charge in [0.05, 0.1) is 0 Å². The fourth-order valence-corrected chi connectivity index (χ4v) is 1.10. The molecule has 72 valence electrons. The summed E-state index contributed by atoms with van der Waals surface area (Å²) in [6.07, 6.45) is 10.2. The normalized spacial score (nSPS) is 12.9. The predicted octanol–water partition coefficient (Wildman–Crippen LogP) is 2.72. The second kappa shape index (κ2) is 6.37. The molecule has 0 aliphatic rings. The summed E-state index contributed by atoms with van der Waals surface area (Å²) < 4.78 is 0. The van der Waals surface area contributed by atoms with E-state index in [0.29, 0.717) is 5.92 Å². The average molecular weight is 177 g/mol. The average Bonchev–Trinajstić information content (AvgIpc) is 2.04. The van der Waals surface area contributed by atoms with Gasteiger partial charge in [0, 0.05) is 13.5 Å². The van der Waals surface area contributed by atoms with Crippen molar-refractivity contribution in [1.82, 2.24) is 5.32 Å². The summed E-state index contributed by atoms with van der Waals surface area (Å²) in [5, 5.41) is 3.00. The van der Waals surface area contributed by atoms with E-state index in [-0.39, 0.29) is 0 Å². The molecule has 0 amide bonds. The first-order chi connectivity index (χ1) is 6.11. The summed E-state index contributed by atoms with van der Waals surface area (Å²) in [4.78, 5) is 0. The van der Waals surface area contributed by atoms with Gasteiger partial charge < -0.3 is 5.32 Å². The van der Waals surface area contributed by atoms with E-state index < -0.39 is 0 Å². The minimum atomic E-state index is 0.524. The van der Waals surface area contributed by atoms with Crippen molar-refractivity contribution in [2.24, 2.45) is 5.92 Å². The maximum atomic E-state index is 5.29. The molecule has 0 aliphatic carbocycles. The van der Waals surface area contributed by atoms with Gasteiger partial charge in [0.2, 0.25) is 0 Å². The third kappa shape index (κ3) is 5.14. The van der Waals surface area contributed by atoms with Crippen LogP contribution < -0.4 is 5.32 Å². The maximum absolute atomic E-state index is 5.29. The molecule has 0 saturated heterocycles. The second-order valence-corrected chi connectivity index (χ2v) is 3.43. The Balaban J connectivity index is 4.54. The molecule has 0 aromatic rings. The zero-order chi connectivity index (χ0) is 10.3. The van der Waals surface area contributed by atoms with Gasteiger partial charge >= 0.3 is 0 Å². The Kier molecular flexibility index (Phi) is 5.80. The van der Waals surface area contributed by atoms with E-state index in [2.05, 4.69) is 38.1 Å². The molecule has 0 aliphatic heterocycles. The van der Waals surface area contributed by atoms with E-state index in [1.54, 1.807) is 0 Å². The lowest BCUT2D eigenvalue weighted by Gasteiger charge is -2.08. The third-order valence-electron chi connectivity index (χ3n) is 1.83. The number of rotatable bonds is 4. The van der Waals surface area contributed by atoms with Gasteiger partial charge in [-0.25, -0.2) is 0 Å². The van der Waals surface area contributed by atoms with Gasteiger partial charge in [-0.2, -0.15) is 0 Å². The molecule has 1 heteroatoms. The van der Waals surface area contributed by atoms with Crippen LogP contribution in [0.5, 0.6) is 0 Å². The van der Waals surface area contributed by atoms with Crippen molar-refractivity contribution in [3.8, 4) is 12.3 Å². The fourth-order valence-electron chi connectivity index (χ4n) is 1.10. The molecular formula is C12H19N. The molecule has 0 aromatic carbocycles. The van der Waals surface area contributed by atoms with Crippen LogP contribution in [0, 0.1) is 18.3 Å². The van der Waals surface area contributed by atoms with Gasteiger partial charge in [0.15, 0.2) is 0 Å². The SMILES string of the molecule is C#CC/C(=C\C(C)=C/NC)C(C)C. The molecule has 0 radical (unpaired) electrons. The van der Waals surface area contributed by atoms with E-state index in [1.165, 1.54) is 11.1 Å². The van der Waals surface area contributed by atoms with Crippen LogP contribution in [0.3, 0.4) is 0 Å². The fraction of sp³-hybridized carbons (Fsp3) is 0.500. The molecule has 0 saturated carbocycles. The van der Waals surface area contributed by atoms with Crippen molar-refractivity contribution in [2.45, 2.75) is 27.2 Å². The molecule has 0 aromatic heterocycles. The van der Waals surface area contributed by atoms with Crippen LogP contribution >= 0.6 is 0 Å². The Labute approximate surface area is 81.9 Å². The van der Waals surface area contributed by atoms with E-state index >= 15 is 0 Å². The smallest absolute Gasteiger partial charge is 0.0302 e. The summed E-state index contributed by atoms with van der Waals surface area (Å²) in [6.45, 7) is 6.39. The first-order valence-electron chi connectivity index (χ1n) is 4.59. The summed E-state index contributed by atoms with van der Waals surface area (Å²) >= 11 is 0. The van der Waals surface area contributed by atoms with Crippen molar-refractivity contribution in [2.75, 3.05) is 7.05 Å². The lowest BCUT2D eigenvalue weighted by atomic mass is 9.98. The van der Waals surface area contributed by atoms with Gasteiger partial charge in [-0.15, -0.1) is 12.3 Å². The minimum Gasteiger partial charge on any atom is -0.394 e. The number of hydrogen-bond donors (Lipinski definition) is 1. The minimum absolute atomic E-state index is 0.524. The van der Waals surface area contributed by atoms with Crippen molar-refractivity contribution in [3.05, 3.63) is 23.4 Å². The second-order valence-electron chi connectivity index (χ2n) is 3.43. The summed E-state index contributed by atoms with van der Waals surface area (Å²) in [6, 6.07) is 0. The molecule has 0 spiro atoms. The van der Waals surface area contributed by atoms with Crippen LogP contribution in [0.15, 0.2) is 23.4 Å². The van der Waals surface area contributed by atoms with Gasteiger partial charge in [-0.05, 0) is 24.6 Å². The molecule has 13 heavy (non-hydrogen) atoms. The Morgan fingerprint density at radius 2 is 2.15 bits per heavy atom. The lowest BCUT2D eigenvalue weighted by Crippen LogP contribution is -1.96. The van der Waals surface area contributed by atoms with Gasteiger partial charge in [0.1, 0.15) is 0 Å². The van der Waals surface area contributed by atoms with Crippen molar-refractivity contribution in [1.29, 1.82) is 0 Å². The highest BCUT2D eigenvalue weighted by atomic mass is 14.8. The van der Waals surface area contributed by atoms with Gasteiger partial charge in [-0.1, -0.05) is 25.5 Å². The van der Waals surface area contributed by atoms with Gasteiger partial charge in [-0.3, -0.25) is 0 Å². The zero-order valence-corrected chi connectivity index (χ0v) is 9.02. The van der Waals surface area contributed by atoms with E-state index in [9.17, 15) is 0 Å². The zero-order valence-electron chi connectivity index (χ0n) is 9.02. The van der Waals surface area contributed by atoms with Crippen LogP contribution in [-0.2, 0) is 0 Å². The first kappa shape index (κ1) is 11.8. The molecule has 0 atom stereocenters. The summed E-state index contributed by atoms with van der Waals surface area (Å²) in [7, 11) is 1.90. The molecule has 0 fully saturated rings. The molecule has 0 heterocycles. The molecule has 0 bridgehead atoms. The standard InChI is InChI=1S/C12H19N/c1-6-7-12(10(2)3)8-11(4)9-13-5/h1,8-10,13H,7H2,2-5H3/b11-9-,12-8+. The highest BCUT2D eigenvalue weighted by molar-refractivity contribution is 5.25.